The highest BCUT2D eigenvalue weighted by Crippen LogP contribution is 2.41. The number of para-hydroxylation sites is 1. The number of aromatic amines is 1. The molecule has 3 heterocycles. The van der Waals surface area contributed by atoms with Crippen molar-refractivity contribution in [3.05, 3.63) is 47.2 Å². The van der Waals surface area contributed by atoms with E-state index in [2.05, 4.69) is 45.4 Å². The van der Waals surface area contributed by atoms with Crippen molar-refractivity contribution in [2.75, 3.05) is 0 Å². The fraction of sp³-hybridized carbons (Fsp3) is 0.176. The molecule has 0 fully saturated rings. The van der Waals surface area contributed by atoms with Gasteiger partial charge in [0.25, 0.3) is 0 Å². The van der Waals surface area contributed by atoms with Gasteiger partial charge in [0.1, 0.15) is 11.2 Å². The van der Waals surface area contributed by atoms with Crippen molar-refractivity contribution < 1.29 is 0 Å². The number of hydrogen-bond donors (Lipinski definition) is 1. The molecule has 1 aliphatic rings. The molecule has 5 rings (SSSR count). The summed E-state index contributed by atoms with van der Waals surface area (Å²) in [5.41, 5.74) is 4.91. The fourth-order valence-corrected chi connectivity index (χ4v) is 4.63. The molecule has 0 saturated heterocycles. The molecule has 0 saturated carbocycles. The molecule has 21 heavy (non-hydrogen) atoms. The Hall–Kier alpha value is -2.20. The summed E-state index contributed by atoms with van der Waals surface area (Å²) >= 11 is 1.84. The number of benzene rings is 1. The van der Waals surface area contributed by atoms with Crippen LogP contribution in [0, 0.1) is 0 Å². The van der Waals surface area contributed by atoms with E-state index in [4.69, 9.17) is 0 Å². The molecular weight excluding hydrogens is 278 g/mol. The molecule has 0 bridgehead atoms. The summed E-state index contributed by atoms with van der Waals surface area (Å²) in [7, 11) is 0. The van der Waals surface area contributed by atoms with Crippen molar-refractivity contribution >= 4 is 32.5 Å². The number of rotatable bonds is 1. The summed E-state index contributed by atoms with van der Waals surface area (Å²) in [6, 6.07) is 8.40. The first-order valence-corrected chi connectivity index (χ1v) is 8.05. The molecule has 0 atom stereocenters. The van der Waals surface area contributed by atoms with Gasteiger partial charge in [-0.2, -0.15) is 0 Å². The molecule has 1 aromatic carbocycles. The maximum atomic E-state index is 4.62. The molecule has 1 aliphatic carbocycles. The zero-order valence-electron chi connectivity index (χ0n) is 11.4. The normalized spacial score (nSPS) is 14.1. The third kappa shape index (κ3) is 1.54. The Morgan fingerprint density at radius 2 is 2.05 bits per heavy atom. The quantitative estimate of drug-likeness (QED) is 0.567. The average Bonchev–Trinajstić information content (AvgIpc) is 3.20. The largest absolute Gasteiger partial charge is 0.360 e. The van der Waals surface area contributed by atoms with Gasteiger partial charge >= 0.3 is 0 Å². The van der Waals surface area contributed by atoms with Crippen LogP contribution in [0.3, 0.4) is 0 Å². The van der Waals surface area contributed by atoms with Crippen LogP contribution >= 0.6 is 11.3 Å². The molecule has 4 heteroatoms. The van der Waals surface area contributed by atoms with Crippen LogP contribution in [-0.2, 0) is 12.8 Å². The van der Waals surface area contributed by atoms with Crippen LogP contribution in [0.2, 0.25) is 0 Å². The van der Waals surface area contributed by atoms with E-state index in [0.29, 0.717) is 0 Å². The number of aromatic nitrogens is 3. The Bertz CT molecular complexity index is 980. The second-order valence-electron chi connectivity index (χ2n) is 5.51. The SMILES string of the molecule is c1ccc2c(-c3ncnc4sc5c(c34)CCC5)c[nH]c2c1. The minimum atomic E-state index is 1.08. The van der Waals surface area contributed by atoms with Crippen molar-refractivity contribution in [1.29, 1.82) is 0 Å². The van der Waals surface area contributed by atoms with Gasteiger partial charge in [0, 0.05) is 32.9 Å². The number of nitrogens with one attached hydrogen (secondary N) is 1. The van der Waals surface area contributed by atoms with Crippen LogP contribution in [-0.4, -0.2) is 15.0 Å². The number of nitrogens with zero attached hydrogens (tertiary/aromatic N) is 2. The molecule has 0 aliphatic heterocycles. The lowest BCUT2D eigenvalue weighted by molar-refractivity contribution is 0.917. The highest BCUT2D eigenvalue weighted by Gasteiger charge is 2.22. The van der Waals surface area contributed by atoms with E-state index in [9.17, 15) is 0 Å². The zero-order chi connectivity index (χ0) is 13.8. The van der Waals surface area contributed by atoms with Crippen molar-refractivity contribution in [1.82, 2.24) is 15.0 Å². The van der Waals surface area contributed by atoms with Crippen LogP contribution in [0.15, 0.2) is 36.8 Å². The first-order chi connectivity index (χ1) is 10.4. The number of hydrogen-bond acceptors (Lipinski definition) is 3. The summed E-state index contributed by atoms with van der Waals surface area (Å²) in [5, 5.41) is 2.51. The lowest BCUT2D eigenvalue weighted by Crippen LogP contribution is -1.88. The Balaban J connectivity index is 1.89. The predicted molar refractivity (Wildman–Crippen MR) is 86.7 cm³/mol. The summed E-state index contributed by atoms with van der Waals surface area (Å²) < 4.78 is 0. The molecule has 4 aromatic rings. The van der Waals surface area contributed by atoms with Gasteiger partial charge in [0.2, 0.25) is 0 Å². The van der Waals surface area contributed by atoms with E-state index in [0.717, 1.165) is 22.5 Å². The lowest BCUT2D eigenvalue weighted by atomic mass is 10.0. The van der Waals surface area contributed by atoms with Crippen LogP contribution in [0.5, 0.6) is 0 Å². The lowest BCUT2D eigenvalue weighted by Gasteiger charge is -2.03. The van der Waals surface area contributed by atoms with E-state index in [-0.39, 0.29) is 0 Å². The summed E-state index contributed by atoms with van der Waals surface area (Å²) in [5.74, 6) is 0. The van der Waals surface area contributed by atoms with Gasteiger partial charge in [-0.05, 0) is 30.9 Å². The standard InChI is InChI=1S/C17H13N3S/c1-2-6-13-10(4-1)12(8-18-13)16-15-11-5-3-7-14(11)21-17(15)20-9-19-16/h1-2,4,6,8-9,18H,3,5,7H2. The van der Waals surface area contributed by atoms with Crippen molar-refractivity contribution in [2.45, 2.75) is 19.3 Å². The van der Waals surface area contributed by atoms with Gasteiger partial charge in [-0.15, -0.1) is 11.3 Å². The van der Waals surface area contributed by atoms with Crippen LogP contribution < -0.4 is 0 Å². The highest BCUT2D eigenvalue weighted by atomic mass is 32.1. The molecule has 102 valence electrons. The molecule has 0 radical (unpaired) electrons. The van der Waals surface area contributed by atoms with Crippen molar-refractivity contribution in [3.8, 4) is 11.3 Å². The summed E-state index contributed by atoms with van der Waals surface area (Å²) in [6.45, 7) is 0. The molecular formula is C17H13N3S. The smallest absolute Gasteiger partial charge is 0.127 e. The van der Waals surface area contributed by atoms with Gasteiger partial charge in [0.05, 0.1) is 5.69 Å². The van der Waals surface area contributed by atoms with Gasteiger partial charge in [-0.25, -0.2) is 9.97 Å². The number of thiophene rings is 1. The Kier molecular flexibility index (Phi) is 2.26. The van der Waals surface area contributed by atoms with Gasteiger partial charge < -0.3 is 4.98 Å². The minimum absolute atomic E-state index is 1.08. The minimum Gasteiger partial charge on any atom is -0.360 e. The predicted octanol–water partition coefficient (Wildman–Crippen LogP) is 4.33. The first-order valence-electron chi connectivity index (χ1n) is 7.23. The van der Waals surface area contributed by atoms with Gasteiger partial charge in [0.15, 0.2) is 0 Å². The summed E-state index contributed by atoms with van der Waals surface area (Å²) in [4.78, 5) is 15.1. The molecule has 0 unspecified atom stereocenters. The van der Waals surface area contributed by atoms with Gasteiger partial charge in [-0.1, -0.05) is 18.2 Å². The first kappa shape index (κ1) is 11.5. The van der Waals surface area contributed by atoms with E-state index in [1.54, 1.807) is 6.33 Å². The molecule has 1 N–H and O–H groups in total. The van der Waals surface area contributed by atoms with Crippen LogP contribution in [0.4, 0.5) is 0 Å². The van der Waals surface area contributed by atoms with Crippen molar-refractivity contribution in [3.63, 3.8) is 0 Å². The highest BCUT2D eigenvalue weighted by molar-refractivity contribution is 7.19. The van der Waals surface area contributed by atoms with E-state index >= 15 is 0 Å². The van der Waals surface area contributed by atoms with E-state index in [1.807, 2.05) is 11.3 Å². The zero-order valence-corrected chi connectivity index (χ0v) is 12.2. The van der Waals surface area contributed by atoms with Crippen LogP contribution in [0.1, 0.15) is 16.9 Å². The molecule has 0 spiro atoms. The van der Waals surface area contributed by atoms with Crippen LogP contribution in [0.25, 0.3) is 32.4 Å². The maximum absolute atomic E-state index is 4.62. The second-order valence-corrected chi connectivity index (χ2v) is 6.59. The topological polar surface area (TPSA) is 41.6 Å². The summed E-state index contributed by atoms with van der Waals surface area (Å²) in [6.07, 6.45) is 7.40. The number of aryl methyl sites for hydroxylation is 2. The Morgan fingerprint density at radius 3 is 3.05 bits per heavy atom. The third-order valence-corrected chi connectivity index (χ3v) is 5.55. The Labute approximate surface area is 125 Å². The second kappa shape index (κ2) is 4.15. The van der Waals surface area contributed by atoms with E-state index in [1.165, 1.54) is 39.6 Å². The third-order valence-electron chi connectivity index (χ3n) is 4.35. The number of fused-ring (bicyclic) bond motifs is 4. The average molecular weight is 291 g/mol. The van der Waals surface area contributed by atoms with Gasteiger partial charge in [-0.3, -0.25) is 0 Å². The molecule has 3 aromatic heterocycles. The molecule has 0 amide bonds. The van der Waals surface area contributed by atoms with Crippen molar-refractivity contribution in [2.24, 2.45) is 0 Å². The number of H-pyrrole nitrogens is 1. The maximum Gasteiger partial charge on any atom is 0.127 e. The van der Waals surface area contributed by atoms with E-state index < -0.39 is 0 Å². The fourth-order valence-electron chi connectivity index (χ4n) is 3.40. The molecule has 3 nitrogen and oxygen atoms in total. The Morgan fingerprint density at radius 1 is 1.10 bits per heavy atom. The monoisotopic (exact) mass is 291 g/mol.